The number of nitriles is 1. The summed E-state index contributed by atoms with van der Waals surface area (Å²) in [5.74, 6) is -0.419. The molecule has 0 spiro atoms. The highest BCUT2D eigenvalue weighted by Gasteiger charge is 2.27. The number of benzene rings is 1. The van der Waals surface area contributed by atoms with Gasteiger partial charge in [-0.1, -0.05) is 25.5 Å². The van der Waals surface area contributed by atoms with E-state index in [2.05, 4.69) is 28.6 Å². The summed E-state index contributed by atoms with van der Waals surface area (Å²) in [6.45, 7) is 3.32. The zero-order chi connectivity index (χ0) is 19.2. The highest BCUT2D eigenvalue weighted by atomic mass is 16.2. The second-order valence-corrected chi connectivity index (χ2v) is 6.56. The van der Waals surface area contributed by atoms with Gasteiger partial charge in [0.05, 0.1) is 16.9 Å². The Morgan fingerprint density at radius 2 is 2.07 bits per heavy atom. The van der Waals surface area contributed by atoms with Gasteiger partial charge in [0.2, 0.25) is 0 Å². The van der Waals surface area contributed by atoms with Crippen LogP contribution in [0.4, 0.5) is 5.69 Å². The molecule has 140 valence electrons. The maximum absolute atomic E-state index is 12.8. The summed E-state index contributed by atoms with van der Waals surface area (Å²) < 4.78 is 1.84. The van der Waals surface area contributed by atoms with Crippen LogP contribution in [-0.4, -0.2) is 27.9 Å². The van der Waals surface area contributed by atoms with Crippen molar-refractivity contribution in [1.82, 2.24) is 14.9 Å². The van der Waals surface area contributed by atoms with E-state index in [0.29, 0.717) is 30.0 Å². The van der Waals surface area contributed by atoms with Gasteiger partial charge in [0.1, 0.15) is 11.8 Å². The predicted molar refractivity (Wildman–Crippen MR) is 102 cm³/mol. The molecule has 2 amide bonds. The van der Waals surface area contributed by atoms with Gasteiger partial charge in [-0.05, 0) is 37.8 Å². The fraction of sp³-hybridized carbons (Fsp3) is 0.400. The van der Waals surface area contributed by atoms with Crippen LogP contribution < -0.4 is 10.6 Å². The third-order valence-corrected chi connectivity index (χ3v) is 4.65. The van der Waals surface area contributed by atoms with E-state index in [1.807, 2.05) is 4.57 Å². The zero-order valence-electron chi connectivity index (χ0n) is 15.4. The second-order valence-electron chi connectivity index (χ2n) is 6.56. The lowest BCUT2D eigenvalue weighted by atomic mass is 10.1. The molecule has 1 aliphatic heterocycles. The monoisotopic (exact) mass is 365 g/mol. The molecule has 1 aromatic carbocycles. The smallest absolute Gasteiger partial charge is 0.291 e. The number of carbonyl (C=O) groups is 2. The van der Waals surface area contributed by atoms with Gasteiger partial charge in [-0.3, -0.25) is 9.59 Å². The molecule has 0 fully saturated rings. The van der Waals surface area contributed by atoms with E-state index in [-0.39, 0.29) is 11.7 Å². The molecular weight excluding hydrogens is 342 g/mol. The number of anilines is 1. The molecule has 2 heterocycles. The summed E-state index contributed by atoms with van der Waals surface area (Å²) >= 11 is 0. The topological polar surface area (TPSA) is 99.8 Å². The number of carbonyl (C=O) groups excluding carboxylic acids is 2. The van der Waals surface area contributed by atoms with Gasteiger partial charge in [0, 0.05) is 13.1 Å². The van der Waals surface area contributed by atoms with Crippen molar-refractivity contribution in [3.8, 4) is 6.07 Å². The Kier molecular flexibility index (Phi) is 5.87. The molecule has 0 aliphatic carbocycles. The van der Waals surface area contributed by atoms with Crippen LogP contribution in [0.5, 0.6) is 0 Å². The Balaban J connectivity index is 1.88. The highest BCUT2D eigenvalue weighted by Crippen LogP contribution is 2.22. The zero-order valence-corrected chi connectivity index (χ0v) is 15.4. The number of hydrogen-bond acceptors (Lipinski definition) is 4. The first-order valence-corrected chi connectivity index (χ1v) is 9.33. The van der Waals surface area contributed by atoms with Gasteiger partial charge >= 0.3 is 0 Å². The van der Waals surface area contributed by atoms with Crippen molar-refractivity contribution in [3.05, 3.63) is 47.0 Å². The largest absolute Gasteiger partial charge is 0.351 e. The summed E-state index contributed by atoms with van der Waals surface area (Å²) in [4.78, 5) is 29.7. The van der Waals surface area contributed by atoms with Crippen molar-refractivity contribution >= 4 is 17.5 Å². The van der Waals surface area contributed by atoms with Gasteiger partial charge in [-0.25, -0.2) is 4.98 Å². The van der Waals surface area contributed by atoms with Gasteiger partial charge in [0.15, 0.2) is 5.82 Å². The third-order valence-electron chi connectivity index (χ3n) is 4.65. The van der Waals surface area contributed by atoms with Gasteiger partial charge in [-0.2, -0.15) is 5.26 Å². The Labute approximate surface area is 158 Å². The van der Waals surface area contributed by atoms with E-state index in [9.17, 15) is 14.9 Å². The molecule has 7 nitrogen and oxygen atoms in total. The van der Waals surface area contributed by atoms with Crippen molar-refractivity contribution in [2.24, 2.45) is 0 Å². The number of nitrogens with zero attached hydrogens (tertiary/aromatic N) is 3. The van der Waals surface area contributed by atoms with Crippen molar-refractivity contribution in [2.75, 3.05) is 11.9 Å². The van der Waals surface area contributed by atoms with E-state index in [0.717, 1.165) is 37.8 Å². The predicted octanol–water partition coefficient (Wildman–Crippen LogP) is 2.87. The van der Waals surface area contributed by atoms with Crippen LogP contribution in [0.3, 0.4) is 0 Å². The number of unbranched alkanes of at least 4 members (excludes halogenated alkanes) is 1. The maximum atomic E-state index is 12.8. The Morgan fingerprint density at radius 1 is 1.26 bits per heavy atom. The van der Waals surface area contributed by atoms with E-state index in [4.69, 9.17) is 0 Å². The first-order chi connectivity index (χ1) is 13.2. The van der Waals surface area contributed by atoms with Crippen molar-refractivity contribution in [3.63, 3.8) is 0 Å². The van der Waals surface area contributed by atoms with E-state index in [1.54, 1.807) is 24.3 Å². The minimum absolute atomic E-state index is 0.220. The van der Waals surface area contributed by atoms with E-state index >= 15 is 0 Å². The van der Waals surface area contributed by atoms with Crippen LogP contribution >= 0.6 is 0 Å². The Bertz CT molecular complexity index is 894. The molecular formula is C20H23N5O2. The van der Waals surface area contributed by atoms with Crippen LogP contribution in [0.15, 0.2) is 24.3 Å². The minimum Gasteiger partial charge on any atom is -0.351 e. The second kappa shape index (κ2) is 8.49. The SMILES string of the molecule is CCCCNC(=O)c1nc(C(=O)Nc2ccccc2C#N)n2c1CCCC2. The molecule has 0 atom stereocenters. The standard InChI is InChI=1S/C20H23N5O2/c1-2-3-11-22-19(26)17-16-10-6-7-12-25(16)18(24-17)20(27)23-15-9-5-4-8-14(15)13-21/h4-5,8-9H,2-3,6-7,10-12H2,1H3,(H,22,26)(H,23,27). The first-order valence-electron chi connectivity index (χ1n) is 9.33. The number of imidazole rings is 1. The first kappa shape index (κ1) is 18.6. The molecule has 2 aromatic rings. The number of fused-ring (bicyclic) bond motifs is 1. The maximum Gasteiger partial charge on any atom is 0.291 e. The average Bonchev–Trinajstić information content (AvgIpc) is 3.08. The summed E-state index contributed by atoms with van der Waals surface area (Å²) in [6.07, 6.45) is 4.54. The molecule has 0 saturated heterocycles. The van der Waals surface area contributed by atoms with Crippen LogP contribution in [0.25, 0.3) is 0 Å². The number of amides is 2. The van der Waals surface area contributed by atoms with Crippen molar-refractivity contribution in [1.29, 1.82) is 5.26 Å². The van der Waals surface area contributed by atoms with Crippen LogP contribution in [0.2, 0.25) is 0 Å². The molecule has 2 N–H and O–H groups in total. The molecule has 7 heteroatoms. The fourth-order valence-electron chi connectivity index (χ4n) is 3.23. The summed E-state index contributed by atoms with van der Waals surface area (Å²) in [6, 6.07) is 8.87. The normalized spacial score (nSPS) is 12.7. The van der Waals surface area contributed by atoms with Gasteiger partial charge in [0.25, 0.3) is 11.8 Å². The Morgan fingerprint density at radius 3 is 2.85 bits per heavy atom. The number of para-hydroxylation sites is 1. The van der Waals surface area contributed by atoms with Gasteiger partial charge < -0.3 is 15.2 Å². The van der Waals surface area contributed by atoms with Crippen LogP contribution in [0, 0.1) is 11.3 Å². The minimum atomic E-state index is -0.409. The van der Waals surface area contributed by atoms with Gasteiger partial charge in [-0.15, -0.1) is 0 Å². The molecule has 27 heavy (non-hydrogen) atoms. The van der Waals surface area contributed by atoms with Crippen LogP contribution in [-0.2, 0) is 13.0 Å². The fourth-order valence-corrected chi connectivity index (χ4v) is 3.23. The number of aromatic nitrogens is 2. The highest BCUT2D eigenvalue weighted by molar-refractivity contribution is 6.04. The van der Waals surface area contributed by atoms with E-state index in [1.165, 1.54) is 0 Å². The molecule has 0 radical (unpaired) electrons. The lowest BCUT2D eigenvalue weighted by Gasteiger charge is -2.17. The van der Waals surface area contributed by atoms with Crippen molar-refractivity contribution in [2.45, 2.75) is 45.6 Å². The average molecular weight is 365 g/mol. The molecule has 0 bridgehead atoms. The molecule has 0 unspecified atom stereocenters. The molecule has 0 saturated carbocycles. The lowest BCUT2D eigenvalue weighted by Crippen LogP contribution is -2.26. The van der Waals surface area contributed by atoms with E-state index < -0.39 is 5.91 Å². The summed E-state index contributed by atoms with van der Waals surface area (Å²) in [5, 5.41) is 14.8. The number of hydrogen-bond donors (Lipinski definition) is 2. The molecule has 3 rings (SSSR count). The summed E-state index contributed by atoms with van der Waals surface area (Å²) in [5.41, 5.74) is 1.97. The molecule has 1 aromatic heterocycles. The van der Waals surface area contributed by atoms with Crippen LogP contribution in [0.1, 0.15) is 65.0 Å². The quantitative estimate of drug-likeness (QED) is 0.769. The number of rotatable bonds is 6. The summed E-state index contributed by atoms with van der Waals surface area (Å²) in [7, 11) is 0. The Hall–Kier alpha value is -3.14. The third kappa shape index (κ3) is 4.00. The molecule has 1 aliphatic rings. The van der Waals surface area contributed by atoms with Crippen molar-refractivity contribution < 1.29 is 9.59 Å². The lowest BCUT2D eigenvalue weighted by molar-refractivity contribution is 0.0947. The number of nitrogens with one attached hydrogen (secondary N) is 2.